The molecule has 0 unspecified atom stereocenters. The highest BCUT2D eigenvalue weighted by Crippen LogP contribution is 2.30. The highest BCUT2D eigenvalue weighted by Gasteiger charge is 2.13. The van der Waals surface area contributed by atoms with Crippen molar-refractivity contribution in [3.8, 4) is 11.5 Å². The minimum absolute atomic E-state index is 0.109. The minimum atomic E-state index is -0.246. The topological polar surface area (TPSA) is 68.0 Å². The number of amides is 1. The molecule has 5 nitrogen and oxygen atoms in total. The molecule has 0 aliphatic rings. The van der Waals surface area contributed by atoms with E-state index in [0.29, 0.717) is 26.8 Å². The number of rotatable bonds is 5. The Kier molecular flexibility index (Phi) is 5.63. The van der Waals surface area contributed by atoms with Gasteiger partial charge in [-0.15, -0.1) is 10.2 Å². The molecule has 0 aliphatic carbocycles. The van der Waals surface area contributed by atoms with E-state index < -0.39 is 0 Å². The van der Waals surface area contributed by atoms with Gasteiger partial charge in [-0.3, -0.25) is 4.79 Å². The molecule has 0 saturated carbocycles. The van der Waals surface area contributed by atoms with E-state index in [-0.39, 0.29) is 11.7 Å². The molecule has 0 radical (unpaired) electrons. The van der Waals surface area contributed by atoms with Crippen LogP contribution in [0.1, 0.15) is 5.56 Å². The Labute approximate surface area is 158 Å². The van der Waals surface area contributed by atoms with Gasteiger partial charge in [-0.25, -0.2) is 0 Å². The number of hydrogen-bond donors (Lipinski definition) is 1. The molecule has 8 heteroatoms. The van der Waals surface area contributed by atoms with E-state index in [4.69, 9.17) is 27.6 Å². The van der Waals surface area contributed by atoms with Crippen molar-refractivity contribution in [3.05, 3.63) is 58.1 Å². The van der Waals surface area contributed by atoms with Crippen molar-refractivity contribution in [2.24, 2.45) is 0 Å². The van der Waals surface area contributed by atoms with Crippen LogP contribution >= 0.6 is 35.0 Å². The van der Waals surface area contributed by atoms with Crippen LogP contribution in [0.5, 0.6) is 0 Å². The van der Waals surface area contributed by atoms with E-state index in [1.807, 2.05) is 31.2 Å². The summed E-state index contributed by atoms with van der Waals surface area (Å²) in [5, 5.41) is 11.7. The van der Waals surface area contributed by atoms with Crippen molar-refractivity contribution >= 4 is 46.6 Å². The van der Waals surface area contributed by atoms with Crippen molar-refractivity contribution in [2.45, 2.75) is 12.1 Å². The predicted molar refractivity (Wildman–Crippen MR) is 100 cm³/mol. The molecule has 2 aromatic carbocycles. The molecule has 25 heavy (non-hydrogen) atoms. The van der Waals surface area contributed by atoms with E-state index in [0.717, 1.165) is 22.9 Å². The Balaban J connectivity index is 1.59. The highest BCUT2D eigenvalue weighted by atomic mass is 35.5. The summed E-state index contributed by atoms with van der Waals surface area (Å²) in [6.45, 7) is 2.00. The molecule has 1 heterocycles. The molecular weight excluding hydrogens is 381 g/mol. The van der Waals surface area contributed by atoms with Gasteiger partial charge in [0.2, 0.25) is 11.8 Å². The second-order valence-corrected chi connectivity index (χ2v) is 6.89. The first-order valence-corrected chi connectivity index (χ1v) is 9.04. The van der Waals surface area contributed by atoms with Crippen LogP contribution in [-0.4, -0.2) is 21.9 Å². The molecule has 0 saturated heterocycles. The predicted octanol–water partition coefficient (Wildman–Crippen LogP) is 5.08. The standard InChI is InChI=1S/C17H13Cl2N3O2S/c1-10-5-7-11(8-6-10)16-21-22-17(24-16)25-9-14(23)20-13-4-2-3-12(18)15(13)19/h2-8H,9H2,1H3,(H,20,23). The van der Waals surface area contributed by atoms with Crippen LogP contribution in [0.15, 0.2) is 52.1 Å². The highest BCUT2D eigenvalue weighted by molar-refractivity contribution is 7.99. The van der Waals surface area contributed by atoms with E-state index in [9.17, 15) is 4.79 Å². The molecule has 0 bridgehead atoms. The fourth-order valence-electron chi connectivity index (χ4n) is 1.99. The Hall–Kier alpha value is -2.02. The first-order valence-electron chi connectivity index (χ1n) is 7.30. The third-order valence-corrected chi connectivity index (χ3v) is 4.89. The summed E-state index contributed by atoms with van der Waals surface area (Å²) < 4.78 is 5.57. The molecule has 0 aliphatic heterocycles. The number of thioether (sulfide) groups is 1. The van der Waals surface area contributed by atoms with Gasteiger partial charge in [0, 0.05) is 5.56 Å². The zero-order valence-electron chi connectivity index (χ0n) is 13.1. The van der Waals surface area contributed by atoms with Crippen LogP contribution in [0.25, 0.3) is 11.5 Å². The fourth-order valence-corrected chi connectivity index (χ4v) is 2.91. The van der Waals surface area contributed by atoms with Gasteiger partial charge in [-0.2, -0.15) is 0 Å². The number of anilines is 1. The Morgan fingerprint density at radius 1 is 1.16 bits per heavy atom. The summed E-state index contributed by atoms with van der Waals surface area (Å²) in [4.78, 5) is 12.0. The zero-order chi connectivity index (χ0) is 17.8. The maximum atomic E-state index is 12.0. The molecule has 1 amide bonds. The Morgan fingerprint density at radius 2 is 1.92 bits per heavy atom. The first-order chi connectivity index (χ1) is 12.0. The van der Waals surface area contributed by atoms with Gasteiger partial charge in [-0.1, -0.05) is 58.7 Å². The van der Waals surface area contributed by atoms with Crippen LogP contribution < -0.4 is 5.32 Å². The summed E-state index contributed by atoms with van der Waals surface area (Å²) in [6, 6.07) is 12.8. The monoisotopic (exact) mass is 393 g/mol. The van der Waals surface area contributed by atoms with E-state index in [1.54, 1.807) is 18.2 Å². The first kappa shape index (κ1) is 17.8. The minimum Gasteiger partial charge on any atom is -0.411 e. The number of aryl methyl sites for hydroxylation is 1. The van der Waals surface area contributed by atoms with Crippen LogP contribution in [0.4, 0.5) is 5.69 Å². The number of hydrogen-bond acceptors (Lipinski definition) is 5. The average molecular weight is 394 g/mol. The third-order valence-electron chi connectivity index (χ3n) is 3.26. The lowest BCUT2D eigenvalue weighted by atomic mass is 10.1. The summed E-state index contributed by atoms with van der Waals surface area (Å²) in [7, 11) is 0. The number of aromatic nitrogens is 2. The average Bonchev–Trinajstić information content (AvgIpc) is 3.07. The molecule has 128 valence electrons. The molecule has 1 N–H and O–H groups in total. The van der Waals surface area contributed by atoms with Crippen LogP contribution in [0.2, 0.25) is 10.0 Å². The molecule has 3 aromatic rings. The van der Waals surface area contributed by atoms with E-state index >= 15 is 0 Å². The van der Waals surface area contributed by atoms with Crippen molar-refractivity contribution in [2.75, 3.05) is 11.1 Å². The van der Waals surface area contributed by atoms with Gasteiger partial charge in [-0.05, 0) is 31.2 Å². The van der Waals surface area contributed by atoms with E-state index in [1.165, 1.54) is 0 Å². The van der Waals surface area contributed by atoms with Gasteiger partial charge >= 0.3 is 0 Å². The van der Waals surface area contributed by atoms with Gasteiger partial charge in [0.1, 0.15) is 0 Å². The molecule has 3 rings (SSSR count). The van der Waals surface area contributed by atoms with Crippen LogP contribution in [-0.2, 0) is 4.79 Å². The lowest BCUT2D eigenvalue weighted by Gasteiger charge is -2.07. The molecule has 0 fully saturated rings. The third kappa shape index (κ3) is 4.54. The number of carbonyl (C=O) groups is 1. The van der Waals surface area contributed by atoms with Gasteiger partial charge in [0.25, 0.3) is 5.22 Å². The lowest BCUT2D eigenvalue weighted by molar-refractivity contribution is -0.113. The molecule has 1 aromatic heterocycles. The number of carbonyl (C=O) groups excluding carboxylic acids is 1. The maximum absolute atomic E-state index is 12.0. The van der Waals surface area contributed by atoms with Crippen molar-refractivity contribution in [1.82, 2.24) is 10.2 Å². The van der Waals surface area contributed by atoms with Crippen LogP contribution in [0, 0.1) is 6.92 Å². The largest absolute Gasteiger partial charge is 0.411 e. The summed E-state index contributed by atoms with van der Waals surface area (Å²) in [6.07, 6.45) is 0. The van der Waals surface area contributed by atoms with Gasteiger partial charge in [0.15, 0.2) is 0 Å². The molecule has 0 atom stereocenters. The lowest BCUT2D eigenvalue weighted by Crippen LogP contribution is -2.14. The number of halogens is 2. The normalized spacial score (nSPS) is 10.7. The second kappa shape index (κ2) is 7.91. The Bertz CT molecular complexity index is 897. The quantitative estimate of drug-likeness (QED) is 0.611. The zero-order valence-corrected chi connectivity index (χ0v) is 15.5. The number of nitrogens with zero attached hydrogens (tertiary/aromatic N) is 2. The summed E-state index contributed by atoms with van der Waals surface area (Å²) >= 11 is 13.1. The van der Waals surface area contributed by atoms with Gasteiger partial charge < -0.3 is 9.73 Å². The summed E-state index contributed by atoms with van der Waals surface area (Å²) in [5.41, 5.74) is 2.44. The fraction of sp³-hybridized carbons (Fsp3) is 0.118. The van der Waals surface area contributed by atoms with Crippen molar-refractivity contribution < 1.29 is 9.21 Å². The van der Waals surface area contributed by atoms with E-state index in [2.05, 4.69) is 15.5 Å². The molecular formula is C17H13Cl2N3O2S. The molecule has 0 spiro atoms. The maximum Gasteiger partial charge on any atom is 0.277 e. The second-order valence-electron chi connectivity index (χ2n) is 5.18. The van der Waals surface area contributed by atoms with Crippen LogP contribution in [0.3, 0.4) is 0 Å². The smallest absolute Gasteiger partial charge is 0.277 e. The summed E-state index contributed by atoms with van der Waals surface area (Å²) in [5.74, 6) is 0.281. The number of nitrogens with one attached hydrogen (secondary N) is 1. The van der Waals surface area contributed by atoms with Crippen molar-refractivity contribution in [3.63, 3.8) is 0 Å². The Morgan fingerprint density at radius 3 is 2.68 bits per heavy atom. The number of benzene rings is 2. The SMILES string of the molecule is Cc1ccc(-c2nnc(SCC(=O)Nc3cccc(Cl)c3Cl)o2)cc1. The van der Waals surface area contributed by atoms with Crippen molar-refractivity contribution in [1.29, 1.82) is 0 Å². The van der Waals surface area contributed by atoms with Gasteiger partial charge in [0.05, 0.1) is 21.5 Å².